The third-order valence-electron chi connectivity index (χ3n) is 7.63. The summed E-state index contributed by atoms with van der Waals surface area (Å²) in [5.74, 6) is -1.49. The number of likely N-dealkylation sites (tertiary alicyclic amines) is 1. The maximum absolute atomic E-state index is 13.6. The molecule has 238 valence electrons. The van der Waals surface area contributed by atoms with E-state index in [-0.39, 0.29) is 25.0 Å². The highest BCUT2D eigenvalue weighted by Gasteiger charge is 2.37. The summed E-state index contributed by atoms with van der Waals surface area (Å²) in [6.45, 7) is 2.54. The van der Waals surface area contributed by atoms with Gasteiger partial charge in [-0.15, -0.1) is 0 Å². The van der Waals surface area contributed by atoms with E-state index in [1.807, 2.05) is 0 Å². The van der Waals surface area contributed by atoms with Crippen molar-refractivity contribution >= 4 is 29.3 Å². The summed E-state index contributed by atoms with van der Waals surface area (Å²) in [5, 5.41) is 5.84. The number of pyridine rings is 1. The normalized spacial score (nSPS) is 16.9. The first kappa shape index (κ1) is 31.5. The van der Waals surface area contributed by atoms with Crippen LogP contribution >= 0.6 is 0 Å². The van der Waals surface area contributed by atoms with Crippen molar-refractivity contribution in [1.82, 2.24) is 25.2 Å². The number of carbonyl (C=O) groups excluding carboxylic acids is 3. The molecule has 0 aliphatic carbocycles. The Balaban J connectivity index is 1.17. The number of alkyl halides is 3. The lowest BCUT2D eigenvalue weighted by Gasteiger charge is -2.31. The van der Waals surface area contributed by atoms with E-state index < -0.39 is 35.6 Å². The van der Waals surface area contributed by atoms with Crippen LogP contribution in [0.2, 0.25) is 0 Å². The number of fused-ring (bicyclic) bond motifs is 1. The van der Waals surface area contributed by atoms with Crippen molar-refractivity contribution in [3.63, 3.8) is 0 Å². The molecule has 4 heterocycles. The Morgan fingerprint density at radius 3 is 2.62 bits per heavy atom. The molecule has 0 bridgehead atoms. The predicted octanol–water partition coefficient (Wildman–Crippen LogP) is 2.84. The first-order valence-electron chi connectivity index (χ1n) is 14.3. The van der Waals surface area contributed by atoms with Gasteiger partial charge in [-0.25, -0.2) is 15.0 Å². The number of anilines is 2. The van der Waals surface area contributed by atoms with Crippen LogP contribution in [0.3, 0.4) is 0 Å². The summed E-state index contributed by atoms with van der Waals surface area (Å²) in [4.78, 5) is 53.5. The summed E-state index contributed by atoms with van der Waals surface area (Å²) in [6.07, 6.45) is -1.81. The molecule has 15 heteroatoms. The molecule has 2 N–H and O–H groups in total. The number of methoxy groups -OCH3 is 1. The minimum atomic E-state index is -4.63. The molecule has 0 radical (unpaired) electrons. The molecule has 0 spiro atoms. The third-order valence-corrected chi connectivity index (χ3v) is 7.63. The van der Waals surface area contributed by atoms with E-state index in [9.17, 15) is 27.6 Å². The van der Waals surface area contributed by atoms with E-state index in [2.05, 4.69) is 25.6 Å². The molecule has 5 rings (SSSR count). The van der Waals surface area contributed by atoms with Gasteiger partial charge in [-0.05, 0) is 31.5 Å². The van der Waals surface area contributed by atoms with Gasteiger partial charge in [0.1, 0.15) is 24.3 Å². The van der Waals surface area contributed by atoms with Crippen LogP contribution in [0.5, 0.6) is 5.88 Å². The van der Waals surface area contributed by atoms with Gasteiger partial charge in [0.15, 0.2) is 6.10 Å². The SMILES string of the molecule is COc1ncc(N2CCc3ncnc(N[C@H]4CCN(C(=O)C(C)OC(=O)CNC(=O)c5ccccc5)C4)c3C2)cc1C(F)(F)F. The molecule has 1 aromatic carbocycles. The van der Waals surface area contributed by atoms with Crippen molar-refractivity contribution in [3.8, 4) is 5.88 Å². The molecular weight excluding hydrogens is 595 g/mol. The number of amides is 2. The summed E-state index contributed by atoms with van der Waals surface area (Å²) in [6, 6.07) is 9.27. The maximum atomic E-state index is 13.6. The van der Waals surface area contributed by atoms with Gasteiger partial charge in [0.05, 0.1) is 24.7 Å². The lowest BCUT2D eigenvalue weighted by Crippen LogP contribution is -2.41. The standard InChI is InChI=1S/C30H32F3N7O5/c1-18(45-25(41)14-34-27(42)19-6-4-3-5-7-19)29(43)40-10-8-20(15-40)38-26-22-16-39(11-9-24(22)36-17-37-26)21-12-23(30(31,32)33)28(44-2)35-13-21/h3-7,12-13,17-18,20H,8-11,14-16H2,1-2H3,(H,34,42)(H,36,37,38)/t18?,20-/m0/s1. The predicted molar refractivity (Wildman–Crippen MR) is 156 cm³/mol. The average Bonchev–Trinajstić information content (AvgIpc) is 3.51. The Morgan fingerprint density at radius 2 is 1.89 bits per heavy atom. The van der Waals surface area contributed by atoms with Gasteiger partial charge in [-0.2, -0.15) is 13.2 Å². The molecule has 2 aliphatic rings. The molecule has 1 fully saturated rings. The second kappa shape index (κ2) is 13.4. The molecule has 2 aliphatic heterocycles. The van der Waals surface area contributed by atoms with Crippen LogP contribution < -0.4 is 20.3 Å². The number of hydrogen-bond acceptors (Lipinski definition) is 10. The molecule has 12 nitrogen and oxygen atoms in total. The van der Waals surface area contributed by atoms with Crippen molar-refractivity contribution in [3.05, 3.63) is 71.3 Å². The summed E-state index contributed by atoms with van der Waals surface area (Å²) in [7, 11) is 1.14. The molecule has 1 unspecified atom stereocenters. The van der Waals surface area contributed by atoms with E-state index in [1.165, 1.54) is 19.4 Å². The fourth-order valence-corrected chi connectivity index (χ4v) is 5.33. The first-order valence-corrected chi connectivity index (χ1v) is 14.3. The van der Waals surface area contributed by atoms with Gasteiger partial charge in [0.25, 0.3) is 11.8 Å². The maximum Gasteiger partial charge on any atom is 0.421 e. The molecule has 0 saturated carbocycles. The van der Waals surface area contributed by atoms with Crippen molar-refractivity contribution in [1.29, 1.82) is 0 Å². The third kappa shape index (κ3) is 7.41. The fraction of sp³-hybridized carbons (Fsp3) is 0.400. The van der Waals surface area contributed by atoms with Gasteiger partial charge in [-0.3, -0.25) is 14.4 Å². The topological polar surface area (TPSA) is 139 Å². The summed E-state index contributed by atoms with van der Waals surface area (Å²) in [5.41, 5.74) is 1.27. The van der Waals surface area contributed by atoms with Crippen molar-refractivity contribution < 1.29 is 37.0 Å². The number of nitrogens with one attached hydrogen (secondary N) is 2. The molecular formula is C30H32F3N7O5. The van der Waals surface area contributed by atoms with Gasteiger partial charge < -0.3 is 29.9 Å². The number of ether oxygens (including phenoxy) is 2. The van der Waals surface area contributed by atoms with Crippen molar-refractivity contribution in [2.75, 3.05) is 43.5 Å². The van der Waals surface area contributed by atoms with Gasteiger partial charge >= 0.3 is 12.1 Å². The quantitative estimate of drug-likeness (QED) is 0.341. The van der Waals surface area contributed by atoms with Crippen LogP contribution in [-0.4, -0.2) is 83.1 Å². The van der Waals surface area contributed by atoms with Crippen molar-refractivity contribution in [2.45, 2.75) is 44.6 Å². The number of halogens is 3. The number of carbonyl (C=O) groups is 3. The zero-order chi connectivity index (χ0) is 32.1. The van der Waals surface area contributed by atoms with Crippen LogP contribution in [0.25, 0.3) is 0 Å². The molecule has 2 aromatic heterocycles. The van der Waals surface area contributed by atoms with Gasteiger partial charge in [-0.1, -0.05) is 18.2 Å². The van der Waals surface area contributed by atoms with Crippen LogP contribution in [0, 0.1) is 0 Å². The number of nitrogens with zero attached hydrogens (tertiary/aromatic N) is 5. The van der Waals surface area contributed by atoms with Crippen LogP contribution in [0.4, 0.5) is 24.7 Å². The summed E-state index contributed by atoms with van der Waals surface area (Å²) >= 11 is 0. The van der Waals surface area contributed by atoms with Crippen LogP contribution in [0.15, 0.2) is 48.9 Å². The minimum Gasteiger partial charge on any atom is -0.481 e. The Bertz CT molecular complexity index is 1560. The molecule has 2 amide bonds. The van der Waals surface area contributed by atoms with E-state index in [1.54, 1.807) is 40.1 Å². The monoisotopic (exact) mass is 627 g/mol. The van der Waals surface area contributed by atoms with E-state index in [0.717, 1.165) is 24.4 Å². The molecule has 3 aromatic rings. The first-order chi connectivity index (χ1) is 21.5. The average molecular weight is 628 g/mol. The second-order valence-corrected chi connectivity index (χ2v) is 10.7. The Hall–Kier alpha value is -4.95. The van der Waals surface area contributed by atoms with Crippen molar-refractivity contribution in [2.24, 2.45) is 0 Å². The zero-order valence-electron chi connectivity index (χ0n) is 24.6. The molecule has 1 saturated heterocycles. The van der Waals surface area contributed by atoms with Gasteiger partial charge in [0.2, 0.25) is 5.88 Å². The smallest absolute Gasteiger partial charge is 0.421 e. The molecule has 2 atom stereocenters. The lowest BCUT2D eigenvalue weighted by atomic mass is 10.0. The van der Waals surface area contributed by atoms with Crippen LogP contribution in [0.1, 0.15) is 40.5 Å². The summed E-state index contributed by atoms with van der Waals surface area (Å²) < 4.78 is 50.9. The number of aromatic nitrogens is 3. The highest BCUT2D eigenvalue weighted by atomic mass is 19.4. The number of esters is 1. The largest absolute Gasteiger partial charge is 0.481 e. The Labute approximate surface area is 256 Å². The fourth-order valence-electron chi connectivity index (χ4n) is 5.33. The minimum absolute atomic E-state index is 0.170. The highest BCUT2D eigenvalue weighted by molar-refractivity contribution is 5.96. The lowest BCUT2D eigenvalue weighted by molar-refractivity contribution is -0.157. The number of hydrogen-bond donors (Lipinski definition) is 2. The zero-order valence-corrected chi connectivity index (χ0v) is 24.6. The van der Waals surface area contributed by atoms with E-state index in [4.69, 9.17) is 9.47 Å². The van der Waals surface area contributed by atoms with E-state index >= 15 is 0 Å². The highest BCUT2D eigenvalue weighted by Crippen LogP contribution is 2.38. The number of rotatable bonds is 9. The van der Waals surface area contributed by atoms with Gasteiger partial charge in [0, 0.05) is 49.8 Å². The number of benzene rings is 1. The Morgan fingerprint density at radius 1 is 1.11 bits per heavy atom. The van der Waals surface area contributed by atoms with Crippen LogP contribution in [-0.2, 0) is 33.5 Å². The second-order valence-electron chi connectivity index (χ2n) is 10.7. The Kier molecular flexibility index (Phi) is 9.34. The molecule has 45 heavy (non-hydrogen) atoms. The van der Waals surface area contributed by atoms with E-state index in [0.29, 0.717) is 49.5 Å².